The van der Waals surface area contributed by atoms with Crippen LogP contribution in [0.2, 0.25) is 0 Å². The van der Waals surface area contributed by atoms with Gasteiger partial charge in [-0.2, -0.15) is 8.42 Å². The molecule has 0 bridgehead atoms. The number of nitrogens with zero attached hydrogens (tertiary/aromatic N) is 3. The SMILES string of the molecule is Cn1cnnc1S(=O)(=O)F. The fraction of sp³-hybridized carbons (Fsp3) is 0.333. The predicted octanol–water partition coefficient (Wildman–Crippen LogP) is -0.527. The molecule has 0 saturated carbocycles. The standard InChI is InChI=1S/C3H4FN3O2S/c1-7-2-5-6-3(7)10(4,8)9/h2H,1H3. The Bertz CT molecular complexity index is 329. The highest BCUT2D eigenvalue weighted by Gasteiger charge is 2.17. The average molecular weight is 165 g/mol. The van der Waals surface area contributed by atoms with Gasteiger partial charge in [-0.3, -0.25) is 0 Å². The zero-order valence-electron chi connectivity index (χ0n) is 5.02. The molecular weight excluding hydrogens is 161 g/mol. The first-order chi connectivity index (χ1) is 4.52. The molecule has 0 fully saturated rings. The van der Waals surface area contributed by atoms with E-state index in [4.69, 9.17) is 0 Å². The minimum atomic E-state index is -4.70. The number of hydrogen-bond acceptors (Lipinski definition) is 4. The van der Waals surface area contributed by atoms with Gasteiger partial charge in [-0.25, -0.2) is 0 Å². The molecule has 0 N–H and O–H groups in total. The molecule has 0 aromatic carbocycles. The van der Waals surface area contributed by atoms with Crippen LogP contribution < -0.4 is 0 Å². The third kappa shape index (κ3) is 1.13. The van der Waals surface area contributed by atoms with E-state index in [2.05, 4.69) is 10.2 Å². The lowest BCUT2D eigenvalue weighted by Crippen LogP contribution is -2.01. The molecule has 1 aromatic heterocycles. The molecular formula is C3H4FN3O2S. The van der Waals surface area contributed by atoms with E-state index in [-0.39, 0.29) is 0 Å². The summed E-state index contributed by atoms with van der Waals surface area (Å²) in [6.45, 7) is 0. The largest absolute Gasteiger partial charge is 0.368 e. The third-order valence-electron chi connectivity index (χ3n) is 0.888. The third-order valence-corrected chi connectivity index (χ3v) is 1.69. The zero-order valence-corrected chi connectivity index (χ0v) is 5.84. The molecule has 1 rings (SSSR count). The van der Waals surface area contributed by atoms with E-state index in [0.29, 0.717) is 0 Å². The molecule has 0 amide bonds. The van der Waals surface area contributed by atoms with E-state index in [0.717, 1.165) is 10.9 Å². The van der Waals surface area contributed by atoms with Crippen LogP contribution in [0.4, 0.5) is 3.89 Å². The van der Waals surface area contributed by atoms with Crippen LogP contribution in [0.1, 0.15) is 0 Å². The highest BCUT2D eigenvalue weighted by Crippen LogP contribution is 2.04. The maximum atomic E-state index is 12.1. The number of rotatable bonds is 1. The Morgan fingerprint density at radius 3 is 2.50 bits per heavy atom. The second kappa shape index (κ2) is 2.01. The molecule has 0 atom stereocenters. The molecule has 0 spiro atoms. The second-order valence-electron chi connectivity index (χ2n) is 1.66. The van der Waals surface area contributed by atoms with Crippen LogP contribution in [0.5, 0.6) is 0 Å². The van der Waals surface area contributed by atoms with Crippen LogP contribution in [-0.4, -0.2) is 23.2 Å². The van der Waals surface area contributed by atoms with E-state index in [9.17, 15) is 12.3 Å². The fourth-order valence-corrected chi connectivity index (χ4v) is 1.03. The van der Waals surface area contributed by atoms with Crippen molar-refractivity contribution in [2.75, 3.05) is 0 Å². The first kappa shape index (κ1) is 7.13. The number of aryl methyl sites for hydroxylation is 1. The average Bonchev–Trinajstić information content (AvgIpc) is 2.11. The molecule has 56 valence electrons. The van der Waals surface area contributed by atoms with Gasteiger partial charge >= 0.3 is 10.2 Å². The highest BCUT2D eigenvalue weighted by atomic mass is 32.3. The smallest absolute Gasteiger partial charge is 0.305 e. The van der Waals surface area contributed by atoms with Crippen molar-refractivity contribution in [3.63, 3.8) is 0 Å². The van der Waals surface area contributed by atoms with Crippen molar-refractivity contribution >= 4 is 10.2 Å². The van der Waals surface area contributed by atoms with Crippen molar-refractivity contribution in [2.45, 2.75) is 5.16 Å². The lowest BCUT2D eigenvalue weighted by Gasteiger charge is -1.89. The van der Waals surface area contributed by atoms with Crippen LogP contribution in [0, 0.1) is 0 Å². The lowest BCUT2D eigenvalue weighted by atomic mass is 11.1. The first-order valence-corrected chi connectivity index (χ1v) is 3.69. The quantitative estimate of drug-likeness (QED) is 0.525. The Kier molecular flexibility index (Phi) is 1.43. The van der Waals surface area contributed by atoms with E-state index < -0.39 is 15.4 Å². The minimum Gasteiger partial charge on any atom is -0.305 e. The fourth-order valence-electron chi connectivity index (χ4n) is 0.493. The molecule has 7 heteroatoms. The van der Waals surface area contributed by atoms with Crippen molar-refractivity contribution < 1.29 is 12.3 Å². The van der Waals surface area contributed by atoms with Crippen LogP contribution >= 0.6 is 0 Å². The van der Waals surface area contributed by atoms with Gasteiger partial charge in [0.05, 0.1) is 0 Å². The van der Waals surface area contributed by atoms with Crippen LogP contribution in [0.25, 0.3) is 0 Å². The molecule has 0 saturated heterocycles. The maximum Gasteiger partial charge on any atom is 0.368 e. The Labute approximate surface area is 56.7 Å². The van der Waals surface area contributed by atoms with Crippen LogP contribution in [0.15, 0.2) is 11.5 Å². The van der Waals surface area contributed by atoms with Gasteiger partial charge in [0.25, 0.3) is 5.16 Å². The first-order valence-electron chi connectivity index (χ1n) is 2.30. The molecule has 1 aromatic rings. The Morgan fingerprint density at radius 1 is 1.70 bits per heavy atom. The van der Waals surface area contributed by atoms with Crippen molar-refractivity contribution in [1.82, 2.24) is 14.8 Å². The molecule has 0 aliphatic heterocycles. The minimum absolute atomic E-state index is 0.674. The highest BCUT2D eigenvalue weighted by molar-refractivity contribution is 7.86. The van der Waals surface area contributed by atoms with Crippen molar-refractivity contribution in [3.8, 4) is 0 Å². The molecule has 10 heavy (non-hydrogen) atoms. The van der Waals surface area contributed by atoms with Gasteiger partial charge in [0.2, 0.25) is 0 Å². The van der Waals surface area contributed by atoms with Crippen molar-refractivity contribution in [3.05, 3.63) is 6.33 Å². The summed E-state index contributed by atoms with van der Waals surface area (Å²) in [5.74, 6) is 0. The predicted molar refractivity (Wildman–Crippen MR) is 29.3 cm³/mol. The Hall–Kier alpha value is -0.980. The molecule has 5 nitrogen and oxygen atoms in total. The lowest BCUT2D eigenvalue weighted by molar-refractivity contribution is 0.533. The zero-order chi connectivity index (χ0) is 7.78. The summed E-state index contributed by atoms with van der Waals surface area (Å²) in [5, 5.41) is 5.55. The summed E-state index contributed by atoms with van der Waals surface area (Å²) in [6, 6.07) is 0. The van der Waals surface area contributed by atoms with Crippen LogP contribution in [-0.2, 0) is 17.3 Å². The van der Waals surface area contributed by atoms with E-state index in [1.165, 1.54) is 7.05 Å². The summed E-state index contributed by atoms with van der Waals surface area (Å²) in [6.07, 6.45) is 1.10. The van der Waals surface area contributed by atoms with Gasteiger partial charge in [0, 0.05) is 7.05 Å². The summed E-state index contributed by atoms with van der Waals surface area (Å²) < 4.78 is 33.3. The van der Waals surface area contributed by atoms with Gasteiger partial charge < -0.3 is 4.57 Å². The van der Waals surface area contributed by atoms with Gasteiger partial charge in [-0.15, -0.1) is 10.2 Å². The second-order valence-corrected chi connectivity index (χ2v) is 2.90. The van der Waals surface area contributed by atoms with Gasteiger partial charge in [-0.05, 0) is 0 Å². The van der Waals surface area contributed by atoms with Gasteiger partial charge in [0.15, 0.2) is 0 Å². The van der Waals surface area contributed by atoms with Crippen molar-refractivity contribution in [2.24, 2.45) is 7.05 Å². The maximum absolute atomic E-state index is 12.1. The number of hydrogen-bond donors (Lipinski definition) is 0. The summed E-state index contributed by atoms with van der Waals surface area (Å²) >= 11 is 0. The number of aromatic nitrogens is 3. The van der Waals surface area contributed by atoms with Gasteiger partial charge in [-0.1, -0.05) is 3.89 Å². The molecule has 0 unspecified atom stereocenters. The molecule has 0 aliphatic carbocycles. The topological polar surface area (TPSA) is 64.8 Å². The normalized spacial score (nSPS) is 11.8. The van der Waals surface area contributed by atoms with E-state index in [1.807, 2.05) is 0 Å². The van der Waals surface area contributed by atoms with E-state index in [1.54, 1.807) is 0 Å². The molecule has 0 aliphatic rings. The Morgan fingerprint density at radius 2 is 2.30 bits per heavy atom. The molecule has 1 heterocycles. The van der Waals surface area contributed by atoms with Crippen molar-refractivity contribution in [1.29, 1.82) is 0 Å². The van der Waals surface area contributed by atoms with Gasteiger partial charge in [0.1, 0.15) is 6.33 Å². The Balaban J connectivity index is 3.32. The summed E-state index contributed by atoms with van der Waals surface area (Å²) in [4.78, 5) is 0. The molecule has 0 radical (unpaired) electrons. The monoisotopic (exact) mass is 165 g/mol. The van der Waals surface area contributed by atoms with Crippen LogP contribution in [0.3, 0.4) is 0 Å². The number of halogens is 1. The summed E-state index contributed by atoms with van der Waals surface area (Å²) in [5.41, 5.74) is 0. The van der Waals surface area contributed by atoms with E-state index >= 15 is 0 Å². The summed E-state index contributed by atoms with van der Waals surface area (Å²) in [7, 11) is -3.36.